The second-order valence-corrected chi connectivity index (χ2v) is 8.56. The first-order valence-corrected chi connectivity index (χ1v) is 10.7. The maximum Gasteiger partial charge on any atom is 0.418 e. The largest absolute Gasteiger partial charge is 0.418 e. The molecule has 1 aliphatic heterocycles. The van der Waals surface area contributed by atoms with E-state index in [1.54, 1.807) is 0 Å². The molecule has 0 unspecified atom stereocenters. The van der Waals surface area contributed by atoms with Crippen molar-refractivity contribution in [3.8, 4) is 0 Å². The van der Waals surface area contributed by atoms with Gasteiger partial charge in [-0.3, -0.25) is 9.59 Å². The van der Waals surface area contributed by atoms with Gasteiger partial charge >= 0.3 is 6.18 Å². The average Bonchev–Trinajstić information content (AvgIpc) is 3.05. The fourth-order valence-electron chi connectivity index (χ4n) is 3.52. The van der Waals surface area contributed by atoms with Crippen LogP contribution in [0, 0.1) is 5.92 Å². The zero-order valence-electron chi connectivity index (χ0n) is 16.5. The van der Waals surface area contributed by atoms with Gasteiger partial charge in [-0.05, 0) is 37.8 Å². The van der Waals surface area contributed by atoms with E-state index >= 15 is 0 Å². The van der Waals surface area contributed by atoms with Crippen LogP contribution in [-0.2, 0) is 15.8 Å². The predicted molar refractivity (Wildman–Crippen MR) is 111 cm³/mol. The van der Waals surface area contributed by atoms with Crippen LogP contribution in [0.1, 0.15) is 51.0 Å². The highest BCUT2D eigenvalue weighted by atomic mass is 32.2. The Labute approximate surface area is 176 Å². The molecule has 30 heavy (non-hydrogen) atoms. The fourth-order valence-corrected chi connectivity index (χ4v) is 4.44. The zero-order chi connectivity index (χ0) is 21.7. The summed E-state index contributed by atoms with van der Waals surface area (Å²) < 4.78 is 39.2. The van der Waals surface area contributed by atoms with Crippen LogP contribution in [0.2, 0.25) is 0 Å². The van der Waals surface area contributed by atoms with Crippen molar-refractivity contribution in [1.29, 1.82) is 0 Å². The molecule has 1 aliphatic carbocycles. The quantitative estimate of drug-likeness (QED) is 0.519. The monoisotopic (exact) mass is 440 g/mol. The molecule has 1 saturated carbocycles. The molecule has 0 spiro atoms. The number of amidine groups is 1. The molecule has 6 nitrogen and oxygen atoms in total. The van der Waals surface area contributed by atoms with Crippen LogP contribution in [0.25, 0.3) is 0 Å². The first-order valence-electron chi connectivity index (χ1n) is 9.80. The van der Waals surface area contributed by atoms with Crippen molar-refractivity contribution in [2.75, 3.05) is 5.32 Å². The maximum absolute atomic E-state index is 13.1. The number of nitrogens with one attached hydrogen (secondary N) is 2. The molecular weight excluding hydrogens is 417 g/mol. The fraction of sp³-hybridized carbons (Fsp3) is 0.500. The number of para-hydroxylation sites is 1. The van der Waals surface area contributed by atoms with Crippen molar-refractivity contribution in [2.45, 2.75) is 56.9 Å². The van der Waals surface area contributed by atoms with Crippen molar-refractivity contribution in [2.24, 2.45) is 16.1 Å². The van der Waals surface area contributed by atoms with Crippen LogP contribution < -0.4 is 10.6 Å². The summed E-state index contributed by atoms with van der Waals surface area (Å²) in [6.45, 7) is 1.92. The van der Waals surface area contributed by atoms with E-state index in [0.29, 0.717) is 11.1 Å². The third-order valence-electron chi connectivity index (χ3n) is 5.15. The minimum absolute atomic E-state index is 0.271. The molecule has 3 rings (SSSR count). The molecule has 0 bridgehead atoms. The van der Waals surface area contributed by atoms with Gasteiger partial charge in [-0.15, -0.1) is 5.10 Å². The van der Waals surface area contributed by atoms with Crippen LogP contribution >= 0.6 is 11.8 Å². The van der Waals surface area contributed by atoms with Crippen LogP contribution in [0.15, 0.2) is 34.5 Å². The van der Waals surface area contributed by atoms with E-state index in [2.05, 4.69) is 20.8 Å². The van der Waals surface area contributed by atoms with E-state index in [1.165, 1.54) is 37.5 Å². The second-order valence-electron chi connectivity index (χ2n) is 7.37. The molecule has 2 amide bonds. The molecule has 1 aromatic rings. The summed E-state index contributed by atoms with van der Waals surface area (Å²) in [5.41, 5.74) is -0.348. The molecule has 0 radical (unpaired) electrons. The van der Waals surface area contributed by atoms with E-state index in [4.69, 9.17) is 0 Å². The topological polar surface area (TPSA) is 82.9 Å². The highest BCUT2D eigenvalue weighted by molar-refractivity contribution is 8.15. The molecule has 2 N–H and O–H groups in total. The molecule has 2 fully saturated rings. The SMILES string of the molecule is CC(=NN=C1NC(=O)[C@@H](CC(=O)Nc2ccccc2C(F)(F)F)S1)C1CCCCC1. The van der Waals surface area contributed by atoms with Gasteiger partial charge in [0.25, 0.3) is 0 Å². The van der Waals surface area contributed by atoms with E-state index in [-0.39, 0.29) is 12.1 Å². The summed E-state index contributed by atoms with van der Waals surface area (Å²) in [7, 11) is 0. The lowest BCUT2D eigenvalue weighted by Crippen LogP contribution is -2.28. The Kier molecular flexibility index (Phi) is 7.17. The Morgan fingerprint density at radius 2 is 1.93 bits per heavy atom. The third kappa shape index (κ3) is 5.84. The number of thioether (sulfide) groups is 1. The van der Waals surface area contributed by atoms with Crippen LogP contribution in [0.3, 0.4) is 0 Å². The minimum atomic E-state index is -4.59. The number of amides is 2. The number of benzene rings is 1. The smallest absolute Gasteiger partial charge is 0.325 e. The summed E-state index contributed by atoms with van der Waals surface area (Å²) in [4.78, 5) is 24.4. The lowest BCUT2D eigenvalue weighted by molar-refractivity contribution is -0.137. The number of nitrogens with zero attached hydrogens (tertiary/aromatic N) is 2. The van der Waals surface area contributed by atoms with E-state index in [0.717, 1.165) is 36.4 Å². The van der Waals surface area contributed by atoms with Crippen molar-refractivity contribution in [3.05, 3.63) is 29.8 Å². The maximum atomic E-state index is 13.1. The van der Waals surface area contributed by atoms with Crippen molar-refractivity contribution in [1.82, 2.24) is 5.32 Å². The number of carbonyl (C=O) groups excluding carboxylic acids is 2. The lowest BCUT2D eigenvalue weighted by atomic mass is 9.86. The number of alkyl halides is 3. The Bertz CT molecular complexity index is 864. The molecule has 162 valence electrons. The van der Waals surface area contributed by atoms with Crippen LogP contribution in [0.5, 0.6) is 0 Å². The van der Waals surface area contributed by atoms with Crippen LogP contribution in [0.4, 0.5) is 18.9 Å². The summed E-state index contributed by atoms with van der Waals surface area (Å²) in [5, 5.41) is 12.7. The number of hydrogen-bond acceptors (Lipinski definition) is 5. The van der Waals surface area contributed by atoms with E-state index in [9.17, 15) is 22.8 Å². The van der Waals surface area contributed by atoms with Crippen molar-refractivity contribution >= 4 is 40.1 Å². The number of hydrogen-bond donors (Lipinski definition) is 2. The summed E-state index contributed by atoms with van der Waals surface area (Å²) in [6.07, 6.45) is 0.901. The summed E-state index contributed by atoms with van der Waals surface area (Å²) in [5.74, 6) is -0.688. The Morgan fingerprint density at radius 1 is 1.23 bits per heavy atom. The third-order valence-corrected chi connectivity index (χ3v) is 6.22. The van der Waals surface area contributed by atoms with Gasteiger partial charge in [-0.2, -0.15) is 18.3 Å². The highest BCUT2D eigenvalue weighted by Gasteiger charge is 2.35. The Morgan fingerprint density at radius 3 is 2.63 bits per heavy atom. The highest BCUT2D eigenvalue weighted by Crippen LogP contribution is 2.35. The van der Waals surface area contributed by atoms with Gasteiger partial charge in [0.2, 0.25) is 11.8 Å². The van der Waals surface area contributed by atoms with Gasteiger partial charge in [-0.1, -0.05) is 43.2 Å². The molecule has 1 heterocycles. The number of anilines is 1. The molecule has 0 aromatic heterocycles. The average molecular weight is 440 g/mol. The Balaban J connectivity index is 1.59. The summed E-state index contributed by atoms with van der Waals surface area (Å²) in [6, 6.07) is 4.72. The van der Waals surface area contributed by atoms with Gasteiger partial charge in [0.05, 0.1) is 11.3 Å². The Hall–Kier alpha value is -2.36. The van der Waals surface area contributed by atoms with Gasteiger partial charge < -0.3 is 10.6 Å². The van der Waals surface area contributed by atoms with E-state index < -0.39 is 28.8 Å². The molecular formula is C20H23F3N4O2S. The van der Waals surface area contributed by atoms with Gasteiger partial charge in [-0.25, -0.2) is 0 Å². The molecule has 10 heteroatoms. The first kappa shape index (κ1) is 22.3. The second kappa shape index (κ2) is 9.63. The van der Waals surface area contributed by atoms with Crippen LogP contribution in [-0.4, -0.2) is 27.9 Å². The summed E-state index contributed by atoms with van der Waals surface area (Å²) >= 11 is 1.06. The zero-order valence-corrected chi connectivity index (χ0v) is 17.3. The lowest BCUT2D eigenvalue weighted by Gasteiger charge is -2.20. The van der Waals surface area contributed by atoms with Crippen molar-refractivity contribution < 1.29 is 22.8 Å². The number of halogens is 3. The van der Waals surface area contributed by atoms with Gasteiger partial charge in [0.15, 0.2) is 5.17 Å². The molecule has 1 saturated heterocycles. The standard InChI is InChI=1S/C20H23F3N4O2S/c1-12(13-7-3-2-4-8-13)26-27-19-25-18(29)16(30-19)11-17(28)24-15-10-6-5-9-14(15)20(21,22)23/h5-6,9-10,13,16H,2-4,7-8,11H2,1H3,(H,24,28)(H,25,27,29)/t16-/m1/s1. The minimum Gasteiger partial charge on any atom is -0.325 e. The predicted octanol–water partition coefficient (Wildman–Crippen LogP) is 4.58. The number of carbonyl (C=O) groups is 2. The number of rotatable bonds is 5. The van der Waals surface area contributed by atoms with Gasteiger partial charge in [0.1, 0.15) is 5.25 Å². The van der Waals surface area contributed by atoms with Crippen molar-refractivity contribution in [3.63, 3.8) is 0 Å². The first-order chi connectivity index (χ1) is 14.2. The molecule has 1 atom stereocenters. The molecule has 2 aliphatic rings. The van der Waals surface area contributed by atoms with Gasteiger partial charge in [0, 0.05) is 12.1 Å². The normalized spacial score (nSPS) is 22.3. The molecule has 1 aromatic carbocycles. The van der Waals surface area contributed by atoms with E-state index in [1.807, 2.05) is 6.92 Å².